The average Bonchev–Trinajstić information content (AvgIpc) is 3.04. The van der Waals surface area contributed by atoms with Crippen molar-refractivity contribution in [2.45, 2.75) is 32.7 Å². The lowest BCUT2D eigenvalue weighted by molar-refractivity contribution is 0.0791. The fourth-order valence-electron chi connectivity index (χ4n) is 3.27. The summed E-state index contributed by atoms with van der Waals surface area (Å²) in [5, 5.41) is 3.51. The highest BCUT2D eigenvalue weighted by atomic mass is 16.2. The smallest absolute Gasteiger partial charge is 0.253 e. The molecule has 0 aliphatic carbocycles. The molecule has 1 aliphatic heterocycles. The van der Waals surface area contributed by atoms with Crippen LogP contribution in [0, 0.1) is 5.92 Å². The van der Waals surface area contributed by atoms with Crippen molar-refractivity contribution < 1.29 is 4.79 Å². The highest BCUT2D eigenvalue weighted by molar-refractivity contribution is 5.94. The SMILES string of the molecule is CC(C)Cc1ccc(C(=O)N2CCC(Nc3ccccc3)C2)cc1. The first-order valence-electron chi connectivity index (χ1n) is 8.81. The maximum absolute atomic E-state index is 12.7. The van der Waals surface area contributed by atoms with Gasteiger partial charge >= 0.3 is 0 Å². The molecule has 0 radical (unpaired) electrons. The van der Waals surface area contributed by atoms with E-state index in [9.17, 15) is 4.79 Å². The molecule has 0 aromatic heterocycles. The van der Waals surface area contributed by atoms with Crippen molar-refractivity contribution in [2.24, 2.45) is 5.92 Å². The number of nitrogens with zero attached hydrogens (tertiary/aromatic N) is 1. The first-order valence-corrected chi connectivity index (χ1v) is 8.81. The van der Waals surface area contributed by atoms with Gasteiger partial charge in [0.1, 0.15) is 0 Å². The number of nitrogens with one attached hydrogen (secondary N) is 1. The summed E-state index contributed by atoms with van der Waals surface area (Å²) >= 11 is 0. The van der Waals surface area contributed by atoms with Crippen molar-refractivity contribution in [3.63, 3.8) is 0 Å². The van der Waals surface area contributed by atoms with E-state index in [1.807, 2.05) is 35.2 Å². The first kappa shape index (κ1) is 16.6. The normalized spacial score (nSPS) is 17.3. The van der Waals surface area contributed by atoms with Gasteiger partial charge in [-0.2, -0.15) is 0 Å². The van der Waals surface area contributed by atoms with Gasteiger partial charge in [0.05, 0.1) is 0 Å². The number of rotatable bonds is 5. The Morgan fingerprint density at radius 3 is 2.50 bits per heavy atom. The van der Waals surface area contributed by atoms with Crippen LogP contribution in [0.4, 0.5) is 5.69 Å². The lowest BCUT2D eigenvalue weighted by atomic mass is 10.0. The summed E-state index contributed by atoms with van der Waals surface area (Å²) in [5.74, 6) is 0.776. The van der Waals surface area contributed by atoms with Gasteiger partial charge in [0.15, 0.2) is 0 Å². The Bertz CT molecular complexity index is 664. The minimum Gasteiger partial charge on any atom is -0.380 e. The maximum Gasteiger partial charge on any atom is 0.253 e. The third-order valence-corrected chi connectivity index (χ3v) is 4.46. The van der Waals surface area contributed by atoms with Crippen molar-refractivity contribution in [1.29, 1.82) is 0 Å². The molecule has 1 atom stereocenters. The standard InChI is InChI=1S/C21H26N2O/c1-16(2)14-17-8-10-18(11-9-17)21(24)23-13-12-20(15-23)22-19-6-4-3-5-7-19/h3-11,16,20,22H,12-15H2,1-2H3. The van der Waals surface area contributed by atoms with E-state index in [1.54, 1.807) is 0 Å². The first-order chi connectivity index (χ1) is 11.6. The largest absolute Gasteiger partial charge is 0.380 e. The van der Waals surface area contributed by atoms with Gasteiger partial charge in [-0.05, 0) is 48.6 Å². The molecule has 0 saturated carbocycles. The fraction of sp³-hybridized carbons (Fsp3) is 0.381. The molecule has 24 heavy (non-hydrogen) atoms. The molecule has 1 saturated heterocycles. The monoisotopic (exact) mass is 322 g/mol. The molecule has 3 nitrogen and oxygen atoms in total. The molecule has 126 valence electrons. The van der Waals surface area contributed by atoms with Crippen LogP contribution in [0.1, 0.15) is 36.2 Å². The number of hydrogen-bond acceptors (Lipinski definition) is 2. The zero-order valence-corrected chi connectivity index (χ0v) is 14.5. The molecular formula is C21H26N2O. The second-order valence-corrected chi connectivity index (χ2v) is 7.04. The Hall–Kier alpha value is -2.29. The van der Waals surface area contributed by atoms with Crippen molar-refractivity contribution in [1.82, 2.24) is 4.90 Å². The number of anilines is 1. The molecule has 3 heteroatoms. The van der Waals surface area contributed by atoms with E-state index in [0.29, 0.717) is 12.0 Å². The summed E-state index contributed by atoms with van der Waals surface area (Å²) in [6, 6.07) is 18.6. The van der Waals surface area contributed by atoms with Crippen LogP contribution in [0.2, 0.25) is 0 Å². The zero-order valence-electron chi connectivity index (χ0n) is 14.5. The average molecular weight is 322 g/mol. The van der Waals surface area contributed by atoms with Crippen LogP contribution in [-0.2, 0) is 6.42 Å². The Morgan fingerprint density at radius 1 is 1.12 bits per heavy atom. The van der Waals surface area contributed by atoms with Crippen LogP contribution in [-0.4, -0.2) is 29.9 Å². The van der Waals surface area contributed by atoms with Crippen molar-refractivity contribution in [3.8, 4) is 0 Å². The molecule has 1 aliphatic rings. The van der Waals surface area contributed by atoms with Crippen molar-refractivity contribution >= 4 is 11.6 Å². The van der Waals surface area contributed by atoms with E-state index in [1.165, 1.54) is 5.56 Å². The molecule has 1 amide bonds. The van der Waals surface area contributed by atoms with E-state index in [0.717, 1.165) is 37.2 Å². The molecule has 3 rings (SSSR count). The van der Waals surface area contributed by atoms with Gasteiger partial charge < -0.3 is 10.2 Å². The van der Waals surface area contributed by atoms with Gasteiger partial charge in [-0.25, -0.2) is 0 Å². The van der Waals surface area contributed by atoms with Gasteiger partial charge in [0.2, 0.25) is 0 Å². The van der Waals surface area contributed by atoms with Crippen LogP contribution in [0.15, 0.2) is 54.6 Å². The minimum atomic E-state index is 0.142. The zero-order chi connectivity index (χ0) is 16.9. The number of benzene rings is 2. The second-order valence-electron chi connectivity index (χ2n) is 7.04. The molecule has 1 unspecified atom stereocenters. The number of hydrogen-bond donors (Lipinski definition) is 1. The molecule has 2 aromatic rings. The highest BCUT2D eigenvalue weighted by Crippen LogP contribution is 2.18. The number of para-hydroxylation sites is 1. The number of likely N-dealkylation sites (tertiary alicyclic amines) is 1. The molecule has 1 heterocycles. The summed E-state index contributed by atoms with van der Waals surface area (Å²) in [6.45, 7) is 6.00. The molecule has 0 bridgehead atoms. The molecule has 2 aromatic carbocycles. The molecular weight excluding hydrogens is 296 g/mol. The van der Waals surface area contributed by atoms with Gasteiger partial charge in [-0.15, -0.1) is 0 Å². The van der Waals surface area contributed by atoms with Gasteiger partial charge in [-0.1, -0.05) is 44.2 Å². The number of carbonyl (C=O) groups excluding carboxylic acids is 1. The summed E-state index contributed by atoms with van der Waals surface area (Å²) in [5.41, 5.74) is 3.21. The van der Waals surface area contributed by atoms with Gasteiger partial charge in [-0.3, -0.25) is 4.79 Å². The molecule has 1 fully saturated rings. The summed E-state index contributed by atoms with van der Waals surface area (Å²) in [7, 11) is 0. The third-order valence-electron chi connectivity index (χ3n) is 4.46. The van der Waals surface area contributed by atoms with Crippen LogP contribution >= 0.6 is 0 Å². The Morgan fingerprint density at radius 2 is 1.83 bits per heavy atom. The summed E-state index contributed by atoms with van der Waals surface area (Å²) in [4.78, 5) is 14.6. The Balaban J connectivity index is 1.58. The Kier molecular flexibility index (Phi) is 5.19. The lowest BCUT2D eigenvalue weighted by Gasteiger charge is -2.18. The van der Waals surface area contributed by atoms with E-state index >= 15 is 0 Å². The highest BCUT2D eigenvalue weighted by Gasteiger charge is 2.26. The van der Waals surface area contributed by atoms with Crippen molar-refractivity contribution in [3.05, 3.63) is 65.7 Å². The van der Waals surface area contributed by atoms with E-state index < -0.39 is 0 Å². The molecule has 0 spiro atoms. The maximum atomic E-state index is 12.7. The topological polar surface area (TPSA) is 32.3 Å². The predicted octanol–water partition coefficient (Wildman–Crippen LogP) is 4.21. The summed E-state index contributed by atoms with van der Waals surface area (Å²) < 4.78 is 0. The molecule has 1 N–H and O–H groups in total. The van der Waals surface area contributed by atoms with Crippen LogP contribution in [0.5, 0.6) is 0 Å². The third kappa shape index (κ3) is 4.16. The fourth-order valence-corrected chi connectivity index (χ4v) is 3.27. The number of carbonyl (C=O) groups is 1. The number of amides is 1. The van der Waals surface area contributed by atoms with E-state index in [2.05, 4.69) is 43.4 Å². The predicted molar refractivity (Wildman–Crippen MR) is 99.4 cm³/mol. The van der Waals surface area contributed by atoms with Crippen LogP contribution < -0.4 is 5.32 Å². The second kappa shape index (κ2) is 7.52. The Labute approximate surface area is 144 Å². The van der Waals surface area contributed by atoms with Crippen LogP contribution in [0.3, 0.4) is 0 Å². The van der Waals surface area contributed by atoms with Gasteiger partial charge in [0.25, 0.3) is 5.91 Å². The van der Waals surface area contributed by atoms with E-state index in [4.69, 9.17) is 0 Å². The lowest BCUT2D eigenvalue weighted by Crippen LogP contribution is -2.31. The summed E-state index contributed by atoms with van der Waals surface area (Å²) in [6.07, 6.45) is 2.05. The van der Waals surface area contributed by atoms with Crippen LogP contribution in [0.25, 0.3) is 0 Å². The van der Waals surface area contributed by atoms with E-state index in [-0.39, 0.29) is 5.91 Å². The quantitative estimate of drug-likeness (QED) is 0.894. The minimum absolute atomic E-state index is 0.142. The van der Waals surface area contributed by atoms with Crippen molar-refractivity contribution in [2.75, 3.05) is 18.4 Å². The van der Waals surface area contributed by atoms with Gasteiger partial charge in [0, 0.05) is 30.4 Å².